The van der Waals surface area contributed by atoms with Gasteiger partial charge in [0.25, 0.3) is 0 Å². The van der Waals surface area contributed by atoms with E-state index in [1.54, 1.807) is 0 Å². The second kappa shape index (κ2) is 6.04. The predicted molar refractivity (Wildman–Crippen MR) is 49.9 cm³/mol. The number of hydrogen-bond acceptors (Lipinski definition) is 2. The number of esters is 1. The van der Waals surface area contributed by atoms with E-state index in [1.165, 1.54) is 6.92 Å². The summed E-state index contributed by atoms with van der Waals surface area (Å²) >= 11 is 0. The normalized spacial score (nSPS) is 15.3. The summed E-state index contributed by atoms with van der Waals surface area (Å²) in [7, 11) is 0. The Bertz CT molecular complexity index is 132. The van der Waals surface area contributed by atoms with Gasteiger partial charge in [-0.15, -0.1) is 0 Å². The van der Waals surface area contributed by atoms with Gasteiger partial charge >= 0.3 is 5.97 Å². The molecular weight excluding hydrogens is 152 g/mol. The van der Waals surface area contributed by atoms with Crippen molar-refractivity contribution in [2.75, 3.05) is 0 Å². The summed E-state index contributed by atoms with van der Waals surface area (Å²) in [5.74, 6) is 0.328. The molecule has 2 heteroatoms. The van der Waals surface area contributed by atoms with E-state index >= 15 is 0 Å². The van der Waals surface area contributed by atoms with E-state index in [9.17, 15) is 4.79 Å². The minimum Gasteiger partial charge on any atom is -0.462 e. The standard InChI is InChI=1S/C10H20O2/c1-5-7-8(3)10(6-2)12-9(4)11/h8,10H,5-7H2,1-4H3/t8-,10+/m1/s1. The van der Waals surface area contributed by atoms with Crippen LogP contribution in [0.4, 0.5) is 0 Å². The van der Waals surface area contributed by atoms with Crippen molar-refractivity contribution in [1.82, 2.24) is 0 Å². The van der Waals surface area contributed by atoms with E-state index in [4.69, 9.17) is 4.74 Å². The fourth-order valence-electron chi connectivity index (χ4n) is 1.46. The molecule has 0 heterocycles. The Labute approximate surface area is 75.3 Å². The first-order valence-electron chi connectivity index (χ1n) is 4.79. The SMILES string of the molecule is CCC[C@@H](C)[C@H](CC)OC(C)=O. The van der Waals surface area contributed by atoms with Gasteiger partial charge in [-0.25, -0.2) is 0 Å². The highest BCUT2D eigenvalue weighted by atomic mass is 16.5. The third-order valence-corrected chi connectivity index (χ3v) is 2.10. The molecule has 0 rings (SSSR count). The smallest absolute Gasteiger partial charge is 0.302 e. The van der Waals surface area contributed by atoms with Crippen molar-refractivity contribution in [1.29, 1.82) is 0 Å². The molecule has 0 aromatic heterocycles. The van der Waals surface area contributed by atoms with Gasteiger partial charge in [0, 0.05) is 6.92 Å². The van der Waals surface area contributed by atoms with Gasteiger partial charge in [-0.05, 0) is 18.8 Å². The third kappa shape index (κ3) is 4.37. The molecule has 0 aromatic carbocycles. The highest BCUT2D eigenvalue weighted by Crippen LogP contribution is 2.16. The second-order valence-electron chi connectivity index (χ2n) is 3.32. The highest BCUT2D eigenvalue weighted by Gasteiger charge is 2.16. The van der Waals surface area contributed by atoms with Gasteiger partial charge in [-0.3, -0.25) is 4.79 Å². The summed E-state index contributed by atoms with van der Waals surface area (Å²) in [6.07, 6.45) is 3.31. The van der Waals surface area contributed by atoms with Gasteiger partial charge in [0.1, 0.15) is 6.10 Å². The van der Waals surface area contributed by atoms with Crippen LogP contribution in [0.3, 0.4) is 0 Å². The molecule has 0 aliphatic rings. The zero-order valence-electron chi connectivity index (χ0n) is 8.59. The van der Waals surface area contributed by atoms with Crippen LogP contribution in [-0.2, 0) is 9.53 Å². The fraction of sp³-hybridized carbons (Fsp3) is 0.900. The number of ether oxygens (including phenoxy) is 1. The van der Waals surface area contributed by atoms with Crippen molar-refractivity contribution >= 4 is 5.97 Å². The number of carbonyl (C=O) groups is 1. The molecule has 0 saturated heterocycles. The van der Waals surface area contributed by atoms with Gasteiger partial charge in [0.2, 0.25) is 0 Å². The lowest BCUT2D eigenvalue weighted by molar-refractivity contribution is -0.149. The van der Waals surface area contributed by atoms with Crippen LogP contribution in [0.5, 0.6) is 0 Å². The van der Waals surface area contributed by atoms with Crippen LogP contribution in [0.25, 0.3) is 0 Å². The summed E-state index contributed by atoms with van der Waals surface area (Å²) in [5, 5.41) is 0. The molecule has 0 bridgehead atoms. The Balaban J connectivity index is 3.86. The molecule has 0 spiro atoms. The van der Waals surface area contributed by atoms with Gasteiger partial charge in [-0.2, -0.15) is 0 Å². The maximum absolute atomic E-state index is 10.7. The monoisotopic (exact) mass is 172 g/mol. The molecule has 0 radical (unpaired) electrons. The van der Waals surface area contributed by atoms with Crippen LogP contribution in [0.2, 0.25) is 0 Å². The van der Waals surface area contributed by atoms with Gasteiger partial charge < -0.3 is 4.74 Å². The van der Waals surface area contributed by atoms with Crippen LogP contribution in [-0.4, -0.2) is 12.1 Å². The third-order valence-electron chi connectivity index (χ3n) is 2.10. The van der Waals surface area contributed by atoms with Gasteiger partial charge in [0.05, 0.1) is 0 Å². The zero-order chi connectivity index (χ0) is 9.56. The van der Waals surface area contributed by atoms with Crippen LogP contribution >= 0.6 is 0 Å². The summed E-state index contributed by atoms with van der Waals surface area (Å²) in [5.41, 5.74) is 0. The Hall–Kier alpha value is -0.530. The van der Waals surface area contributed by atoms with Crippen LogP contribution in [0.15, 0.2) is 0 Å². The maximum atomic E-state index is 10.7. The van der Waals surface area contributed by atoms with E-state index in [0.29, 0.717) is 5.92 Å². The average Bonchev–Trinajstić information content (AvgIpc) is 2.00. The lowest BCUT2D eigenvalue weighted by atomic mass is 9.97. The first-order valence-corrected chi connectivity index (χ1v) is 4.79. The molecule has 0 aromatic rings. The highest BCUT2D eigenvalue weighted by molar-refractivity contribution is 5.66. The predicted octanol–water partition coefficient (Wildman–Crippen LogP) is 2.76. The second-order valence-corrected chi connectivity index (χ2v) is 3.32. The molecule has 0 N–H and O–H groups in total. The van der Waals surface area contributed by atoms with Gasteiger partial charge in [0.15, 0.2) is 0 Å². The Morgan fingerprint density at radius 1 is 1.42 bits per heavy atom. The zero-order valence-corrected chi connectivity index (χ0v) is 8.59. The van der Waals surface area contributed by atoms with Crippen molar-refractivity contribution in [2.45, 2.75) is 53.1 Å². The molecule has 2 atom stereocenters. The molecule has 0 unspecified atom stereocenters. The summed E-state index contributed by atoms with van der Waals surface area (Å²) < 4.78 is 5.17. The molecule has 0 saturated carbocycles. The molecule has 12 heavy (non-hydrogen) atoms. The van der Waals surface area contributed by atoms with Crippen molar-refractivity contribution in [3.05, 3.63) is 0 Å². The van der Waals surface area contributed by atoms with E-state index in [1.807, 2.05) is 0 Å². The topological polar surface area (TPSA) is 26.3 Å². The van der Waals surface area contributed by atoms with E-state index < -0.39 is 0 Å². The first kappa shape index (κ1) is 11.5. The molecule has 0 aliphatic carbocycles. The average molecular weight is 172 g/mol. The quantitative estimate of drug-likeness (QED) is 0.596. The fourth-order valence-corrected chi connectivity index (χ4v) is 1.46. The van der Waals surface area contributed by atoms with Crippen molar-refractivity contribution in [3.8, 4) is 0 Å². The largest absolute Gasteiger partial charge is 0.462 e. The van der Waals surface area contributed by atoms with E-state index in [-0.39, 0.29) is 12.1 Å². The summed E-state index contributed by atoms with van der Waals surface area (Å²) in [6, 6.07) is 0. The summed E-state index contributed by atoms with van der Waals surface area (Å²) in [6.45, 7) is 7.82. The molecule has 2 nitrogen and oxygen atoms in total. The molecule has 72 valence electrons. The van der Waals surface area contributed by atoms with E-state index in [0.717, 1.165) is 19.3 Å². The number of hydrogen-bond donors (Lipinski definition) is 0. The van der Waals surface area contributed by atoms with E-state index in [2.05, 4.69) is 20.8 Å². The Kier molecular flexibility index (Phi) is 5.77. The molecule has 0 amide bonds. The Morgan fingerprint density at radius 3 is 2.33 bits per heavy atom. The van der Waals surface area contributed by atoms with Crippen LogP contribution < -0.4 is 0 Å². The van der Waals surface area contributed by atoms with Crippen molar-refractivity contribution in [2.24, 2.45) is 5.92 Å². The lowest BCUT2D eigenvalue weighted by Crippen LogP contribution is -2.23. The summed E-state index contributed by atoms with van der Waals surface area (Å²) in [4.78, 5) is 10.7. The molecular formula is C10H20O2. The van der Waals surface area contributed by atoms with Crippen molar-refractivity contribution < 1.29 is 9.53 Å². The maximum Gasteiger partial charge on any atom is 0.302 e. The lowest BCUT2D eigenvalue weighted by Gasteiger charge is -2.21. The first-order chi connectivity index (χ1) is 5.61. The number of rotatable bonds is 5. The van der Waals surface area contributed by atoms with Gasteiger partial charge in [-0.1, -0.05) is 27.2 Å². The Morgan fingerprint density at radius 2 is 2.00 bits per heavy atom. The van der Waals surface area contributed by atoms with Crippen molar-refractivity contribution in [3.63, 3.8) is 0 Å². The molecule has 0 fully saturated rings. The molecule has 0 aliphatic heterocycles. The van der Waals surface area contributed by atoms with Crippen LogP contribution in [0.1, 0.15) is 47.0 Å². The number of carbonyl (C=O) groups excluding carboxylic acids is 1. The van der Waals surface area contributed by atoms with Crippen LogP contribution in [0, 0.1) is 5.92 Å². The minimum atomic E-state index is -0.162. The minimum absolute atomic E-state index is 0.113.